The number of carbonyl (C=O) groups excluding carboxylic acids is 3. The summed E-state index contributed by atoms with van der Waals surface area (Å²) < 4.78 is 0. The van der Waals surface area contributed by atoms with Gasteiger partial charge in [-0.25, -0.2) is 0 Å². The first-order valence-corrected chi connectivity index (χ1v) is 14.6. The quantitative estimate of drug-likeness (QED) is 0.193. The second kappa shape index (κ2) is 11.5. The molecule has 0 aliphatic carbocycles. The van der Waals surface area contributed by atoms with Crippen LogP contribution in [-0.2, 0) is 0 Å². The summed E-state index contributed by atoms with van der Waals surface area (Å²) in [6.07, 6.45) is 0. The molecule has 4 heteroatoms. The van der Waals surface area contributed by atoms with Crippen molar-refractivity contribution in [3.63, 3.8) is 0 Å². The third-order valence-corrected chi connectivity index (χ3v) is 8.16. The van der Waals surface area contributed by atoms with E-state index in [1.165, 1.54) is 0 Å². The summed E-state index contributed by atoms with van der Waals surface area (Å²) in [6.45, 7) is 0. The van der Waals surface area contributed by atoms with Crippen LogP contribution in [0.4, 0.5) is 0 Å². The minimum Gasteiger partial charge on any atom is -0.507 e. The Morgan fingerprint density at radius 1 is 0.400 bits per heavy atom. The third kappa shape index (κ3) is 4.79. The van der Waals surface area contributed by atoms with E-state index in [9.17, 15) is 19.5 Å². The molecule has 0 atom stereocenters. The van der Waals surface area contributed by atoms with Crippen LogP contribution in [0.5, 0.6) is 0 Å². The highest BCUT2D eigenvalue weighted by atomic mass is 16.3. The molecule has 45 heavy (non-hydrogen) atoms. The lowest BCUT2D eigenvalue weighted by atomic mass is 9.81. The normalized spacial score (nSPS) is 11.8. The molecule has 0 saturated carbocycles. The van der Waals surface area contributed by atoms with E-state index >= 15 is 0 Å². The van der Waals surface area contributed by atoms with Gasteiger partial charge in [0, 0.05) is 49.5 Å². The summed E-state index contributed by atoms with van der Waals surface area (Å²) in [6, 6.07) is 44.5. The Morgan fingerprint density at radius 3 is 1.40 bits per heavy atom. The highest BCUT2D eigenvalue weighted by Gasteiger charge is 2.30. The largest absolute Gasteiger partial charge is 0.507 e. The van der Waals surface area contributed by atoms with Crippen molar-refractivity contribution in [2.24, 2.45) is 0 Å². The lowest BCUT2D eigenvalue weighted by Gasteiger charge is -2.20. The first-order valence-electron chi connectivity index (χ1n) is 14.6. The van der Waals surface area contributed by atoms with Gasteiger partial charge in [0.25, 0.3) is 0 Å². The topological polar surface area (TPSA) is 71.4 Å². The Hall–Kier alpha value is -6.13. The van der Waals surface area contributed by atoms with Crippen molar-refractivity contribution in [1.82, 2.24) is 0 Å². The number of hydrogen-bond acceptors (Lipinski definition) is 4. The standard InChI is InChI=1S/C41H26O4/c42-38(27-14-5-1-6-15-27)32-25-24-26-22-13-23-31-33(26)34(32)36(40(44)29-18-9-3-10-19-29)37(41(45)30-20-11-4-12-21-30)35(31)39(43)28-16-7-2-8-17-28/h1-25,43H. The van der Waals surface area contributed by atoms with Crippen LogP contribution in [0.3, 0.4) is 0 Å². The molecule has 0 aliphatic rings. The smallest absolute Gasteiger partial charge is 0.194 e. The Kier molecular flexibility index (Phi) is 7.08. The number of aliphatic hydroxyl groups is 1. The maximum absolute atomic E-state index is 14.8. The molecule has 7 aromatic rings. The van der Waals surface area contributed by atoms with Gasteiger partial charge >= 0.3 is 0 Å². The van der Waals surface area contributed by atoms with Crippen molar-refractivity contribution in [3.05, 3.63) is 196 Å². The molecule has 0 bridgehead atoms. The van der Waals surface area contributed by atoms with E-state index < -0.39 is 11.6 Å². The summed E-state index contributed by atoms with van der Waals surface area (Å²) in [5, 5.41) is 14.6. The Balaban J connectivity index is 1.75. The van der Waals surface area contributed by atoms with Crippen LogP contribution in [0, 0.1) is 0 Å². The minimum absolute atomic E-state index is 0.0460. The number of ketones is 3. The summed E-state index contributed by atoms with van der Waals surface area (Å²) in [5.74, 6) is -1.26. The first-order chi connectivity index (χ1) is 22.0. The van der Waals surface area contributed by atoms with Gasteiger partial charge < -0.3 is 5.11 Å². The molecular weight excluding hydrogens is 556 g/mol. The summed E-state index contributed by atoms with van der Waals surface area (Å²) >= 11 is 0. The van der Waals surface area contributed by atoms with Gasteiger partial charge in [-0.05, 0) is 22.2 Å². The SMILES string of the molecule is O=C(c1ccccc1)c1c(C(=O)c2ccccc2)c2c(C(=O)c3ccccc3)ccc3cccc(c1=C(O)c1ccccc1)c32. The van der Waals surface area contributed by atoms with E-state index in [1.54, 1.807) is 103 Å². The fraction of sp³-hybridized carbons (Fsp3) is 0. The number of carbonyl (C=O) groups is 3. The molecule has 0 aromatic heterocycles. The van der Waals surface area contributed by atoms with Crippen LogP contribution in [0.15, 0.2) is 152 Å². The lowest BCUT2D eigenvalue weighted by molar-refractivity contribution is 0.100. The maximum Gasteiger partial charge on any atom is 0.194 e. The van der Waals surface area contributed by atoms with Crippen molar-refractivity contribution >= 4 is 44.7 Å². The highest BCUT2D eigenvalue weighted by molar-refractivity contribution is 6.33. The predicted octanol–water partition coefficient (Wildman–Crippen LogP) is 8.12. The zero-order valence-electron chi connectivity index (χ0n) is 24.1. The van der Waals surface area contributed by atoms with E-state index in [2.05, 4.69) is 0 Å². The van der Waals surface area contributed by atoms with Crippen LogP contribution in [0.2, 0.25) is 0 Å². The van der Waals surface area contributed by atoms with Gasteiger partial charge in [-0.3, -0.25) is 14.4 Å². The van der Waals surface area contributed by atoms with Crippen LogP contribution < -0.4 is 5.22 Å². The van der Waals surface area contributed by atoms with Gasteiger partial charge in [0.2, 0.25) is 0 Å². The first kappa shape index (κ1) is 27.7. The average molecular weight is 583 g/mol. The molecule has 0 radical (unpaired) electrons. The molecule has 1 N–H and O–H groups in total. The minimum atomic E-state index is -0.433. The molecule has 4 nitrogen and oxygen atoms in total. The van der Waals surface area contributed by atoms with Crippen molar-refractivity contribution in [2.75, 3.05) is 0 Å². The van der Waals surface area contributed by atoms with E-state index in [0.717, 1.165) is 5.39 Å². The molecule has 0 amide bonds. The van der Waals surface area contributed by atoms with E-state index in [0.29, 0.717) is 44.0 Å². The molecule has 0 heterocycles. The Labute approximate surface area is 259 Å². The zero-order valence-corrected chi connectivity index (χ0v) is 24.1. The van der Waals surface area contributed by atoms with Crippen LogP contribution >= 0.6 is 0 Å². The molecule has 7 aromatic carbocycles. The fourth-order valence-electron chi connectivity index (χ4n) is 6.07. The lowest BCUT2D eigenvalue weighted by Crippen LogP contribution is -2.26. The molecule has 0 spiro atoms. The monoisotopic (exact) mass is 582 g/mol. The van der Waals surface area contributed by atoms with E-state index in [1.807, 2.05) is 48.5 Å². The van der Waals surface area contributed by atoms with Crippen LogP contribution in [0.1, 0.15) is 53.3 Å². The summed E-state index contributed by atoms with van der Waals surface area (Å²) in [7, 11) is 0. The highest BCUT2D eigenvalue weighted by Crippen LogP contribution is 2.36. The molecule has 214 valence electrons. The predicted molar refractivity (Wildman–Crippen MR) is 178 cm³/mol. The molecule has 0 saturated heterocycles. The van der Waals surface area contributed by atoms with Crippen LogP contribution in [-0.4, -0.2) is 22.5 Å². The molecule has 0 unspecified atom stereocenters. The van der Waals surface area contributed by atoms with Gasteiger partial charge in [0.05, 0.1) is 0 Å². The van der Waals surface area contributed by atoms with Crippen LogP contribution in [0.25, 0.3) is 27.3 Å². The second-order valence-corrected chi connectivity index (χ2v) is 10.8. The maximum atomic E-state index is 14.8. The van der Waals surface area contributed by atoms with Crippen molar-refractivity contribution in [1.29, 1.82) is 0 Å². The van der Waals surface area contributed by atoms with Crippen molar-refractivity contribution in [3.8, 4) is 0 Å². The van der Waals surface area contributed by atoms with Gasteiger partial charge in [-0.2, -0.15) is 0 Å². The van der Waals surface area contributed by atoms with Crippen molar-refractivity contribution < 1.29 is 19.5 Å². The number of hydrogen-bond donors (Lipinski definition) is 1. The van der Waals surface area contributed by atoms with Gasteiger partial charge in [0.15, 0.2) is 17.3 Å². The summed E-state index contributed by atoms with van der Waals surface area (Å²) in [5.41, 5.74) is 2.10. The van der Waals surface area contributed by atoms with Gasteiger partial charge in [0.1, 0.15) is 5.76 Å². The number of benzene rings is 7. The third-order valence-electron chi connectivity index (χ3n) is 8.16. The van der Waals surface area contributed by atoms with E-state index in [4.69, 9.17) is 0 Å². The second-order valence-electron chi connectivity index (χ2n) is 10.8. The molecular formula is C41H26O4. The molecule has 0 fully saturated rings. The molecule has 0 aliphatic heterocycles. The van der Waals surface area contributed by atoms with Gasteiger partial charge in [-0.1, -0.05) is 146 Å². The Morgan fingerprint density at radius 2 is 0.867 bits per heavy atom. The average Bonchev–Trinajstić information content (AvgIpc) is 3.12. The molecule has 7 rings (SSSR count). The van der Waals surface area contributed by atoms with Crippen molar-refractivity contribution in [2.45, 2.75) is 0 Å². The zero-order chi connectivity index (χ0) is 30.9. The summed E-state index contributed by atoms with van der Waals surface area (Å²) in [4.78, 5) is 43.7. The number of aliphatic hydroxyl groups excluding tert-OH is 1. The number of rotatable bonds is 7. The van der Waals surface area contributed by atoms with Gasteiger partial charge in [-0.15, -0.1) is 0 Å². The Bertz CT molecular complexity index is 2290. The fourth-order valence-corrected chi connectivity index (χ4v) is 6.07. The van der Waals surface area contributed by atoms with E-state index in [-0.39, 0.29) is 27.9 Å².